The fourth-order valence-electron chi connectivity index (χ4n) is 11.2. The van der Waals surface area contributed by atoms with E-state index in [0.29, 0.717) is 25.9 Å². The fraction of sp³-hybridized carbons (Fsp3) is 0.971. The average molecular weight is 1050 g/mol. The first kappa shape index (κ1) is 72.9. The summed E-state index contributed by atoms with van der Waals surface area (Å²) in [5.74, 6) is -0.00486. The Kier molecular flexibility index (Phi) is 63.4. The van der Waals surface area contributed by atoms with Gasteiger partial charge in [-0.05, 0) is 25.7 Å². The lowest BCUT2D eigenvalue weighted by atomic mass is 10.0. The van der Waals surface area contributed by atoms with Crippen molar-refractivity contribution in [1.82, 2.24) is 5.32 Å². The van der Waals surface area contributed by atoms with Gasteiger partial charge in [-0.25, -0.2) is 0 Å². The number of carbonyl (C=O) groups excluding carboxylic acids is 2. The summed E-state index contributed by atoms with van der Waals surface area (Å²) < 4.78 is 5.50. The number of amides is 1. The molecule has 0 aliphatic rings. The number of unbranched alkanes of at least 4 members (excludes halogenated alkanes) is 54. The quantitative estimate of drug-likeness (QED) is 0.0417. The predicted octanol–water partition coefficient (Wildman–Crippen LogP) is 21.8. The number of aliphatic hydroxyl groups excluding tert-OH is 2. The first-order valence-electron chi connectivity index (χ1n) is 34.3. The molecular formula is C68H135NO5. The van der Waals surface area contributed by atoms with Crippen molar-refractivity contribution in [2.45, 2.75) is 411 Å². The Labute approximate surface area is 464 Å². The summed E-state index contributed by atoms with van der Waals surface area (Å²) in [5.41, 5.74) is 0. The Bertz CT molecular complexity index is 1070. The highest BCUT2D eigenvalue weighted by Gasteiger charge is 2.20. The number of hydrogen-bond donors (Lipinski definition) is 3. The molecule has 0 spiro atoms. The predicted molar refractivity (Wildman–Crippen MR) is 324 cm³/mol. The molecule has 0 aromatic heterocycles. The van der Waals surface area contributed by atoms with Gasteiger partial charge in [0.2, 0.25) is 5.91 Å². The van der Waals surface area contributed by atoms with Crippen LogP contribution in [0.2, 0.25) is 0 Å². The van der Waals surface area contributed by atoms with Crippen LogP contribution in [0.15, 0.2) is 0 Å². The summed E-state index contributed by atoms with van der Waals surface area (Å²) >= 11 is 0. The maximum absolute atomic E-state index is 12.5. The highest BCUT2D eigenvalue weighted by Crippen LogP contribution is 2.19. The summed E-state index contributed by atoms with van der Waals surface area (Å²) in [4.78, 5) is 24.5. The third-order valence-corrected chi connectivity index (χ3v) is 16.4. The van der Waals surface area contributed by atoms with Crippen molar-refractivity contribution >= 4 is 11.9 Å². The van der Waals surface area contributed by atoms with E-state index >= 15 is 0 Å². The minimum atomic E-state index is -0.659. The van der Waals surface area contributed by atoms with E-state index in [1.807, 2.05) is 0 Å². The number of ether oxygens (including phenoxy) is 1. The minimum Gasteiger partial charge on any atom is -0.466 e. The molecule has 0 saturated carbocycles. The molecule has 74 heavy (non-hydrogen) atoms. The Morgan fingerprint density at radius 3 is 0.824 bits per heavy atom. The first-order chi connectivity index (χ1) is 36.5. The summed E-state index contributed by atoms with van der Waals surface area (Å²) in [6.07, 6.45) is 77.3. The van der Waals surface area contributed by atoms with E-state index in [1.54, 1.807) is 0 Å². The van der Waals surface area contributed by atoms with Gasteiger partial charge in [0.25, 0.3) is 0 Å². The van der Waals surface area contributed by atoms with Crippen LogP contribution in [-0.2, 0) is 14.3 Å². The van der Waals surface area contributed by atoms with Crippen LogP contribution < -0.4 is 5.32 Å². The molecule has 6 heteroatoms. The van der Waals surface area contributed by atoms with Gasteiger partial charge in [0, 0.05) is 12.8 Å². The normalized spacial score (nSPS) is 12.4. The van der Waals surface area contributed by atoms with E-state index in [4.69, 9.17) is 4.74 Å². The van der Waals surface area contributed by atoms with Crippen LogP contribution in [0.1, 0.15) is 399 Å². The Hall–Kier alpha value is -1.14. The van der Waals surface area contributed by atoms with Crippen molar-refractivity contribution in [2.75, 3.05) is 13.2 Å². The molecule has 442 valence electrons. The fourth-order valence-corrected chi connectivity index (χ4v) is 11.2. The van der Waals surface area contributed by atoms with Crippen molar-refractivity contribution in [3.05, 3.63) is 0 Å². The molecule has 0 aliphatic heterocycles. The Balaban J connectivity index is 3.29. The maximum atomic E-state index is 12.5. The summed E-state index contributed by atoms with van der Waals surface area (Å²) in [7, 11) is 0. The number of nitrogens with one attached hydrogen (secondary N) is 1. The van der Waals surface area contributed by atoms with Gasteiger partial charge < -0.3 is 20.3 Å². The molecule has 3 N–H and O–H groups in total. The molecule has 0 aromatic carbocycles. The third kappa shape index (κ3) is 60.1. The number of rotatable bonds is 65. The molecule has 2 atom stereocenters. The zero-order valence-corrected chi connectivity index (χ0v) is 50.6. The van der Waals surface area contributed by atoms with Crippen LogP contribution in [0, 0.1) is 0 Å². The van der Waals surface area contributed by atoms with Crippen molar-refractivity contribution in [3.63, 3.8) is 0 Å². The van der Waals surface area contributed by atoms with Gasteiger partial charge in [0.05, 0.1) is 25.4 Å². The Morgan fingerprint density at radius 1 is 0.324 bits per heavy atom. The SMILES string of the molecule is CCCCCCCCCCCCCCCCCC(=O)OCCCCCCCCCCCCCCCCCCCCCCCCCCCCCCCCC(=O)NC(CO)C(O)CCCCCCCCCCCCCC. The van der Waals surface area contributed by atoms with Crippen molar-refractivity contribution in [1.29, 1.82) is 0 Å². The van der Waals surface area contributed by atoms with Gasteiger partial charge in [-0.2, -0.15) is 0 Å². The topological polar surface area (TPSA) is 95.9 Å². The van der Waals surface area contributed by atoms with E-state index in [2.05, 4.69) is 19.2 Å². The van der Waals surface area contributed by atoms with Gasteiger partial charge in [-0.3, -0.25) is 9.59 Å². The van der Waals surface area contributed by atoms with E-state index in [9.17, 15) is 19.8 Å². The standard InChI is InChI=1S/C68H135NO5/c1-3-5-7-9-11-13-15-17-34-38-42-46-50-54-58-62-68(73)74-63-59-55-51-47-43-39-36-33-31-29-27-25-23-21-19-18-20-22-24-26-28-30-32-35-37-41-45-49-53-57-61-67(72)69-65(64-70)66(71)60-56-52-48-44-40-16-14-12-10-8-6-4-2/h65-66,70-71H,3-64H2,1-2H3,(H,69,72). The van der Waals surface area contributed by atoms with Gasteiger partial charge in [-0.15, -0.1) is 0 Å². The second kappa shape index (κ2) is 64.4. The first-order valence-corrected chi connectivity index (χ1v) is 34.3. The van der Waals surface area contributed by atoms with E-state index < -0.39 is 12.1 Å². The highest BCUT2D eigenvalue weighted by atomic mass is 16.5. The highest BCUT2D eigenvalue weighted by molar-refractivity contribution is 5.76. The van der Waals surface area contributed by atoms with Gasteiger partial charge in [0.15, 0.2) is 0 Å². The zero-order valence-electron chi connectivity index (χ0n) is 50.6. The molecular weight excluding hydrogens is 911 g/mol. The molecule has 0 aromatic rings. The van der Waals surface area contributed by atoms with Gasteiger partial charge >= 0.3 is 5.97 Å². The molecule has 6 nitrogen and oxygen atoms in total. The minimum absolute atomic E-state index is 0.0240. The number of aliphatic hydroxyl groups is 2. The monoisotopic (exact) mass is 1050 g/mol. The average Bonchev–Trinajstić information content (AvgIpc) is 3.40. The summed E-state index contributed by atoms with van der Waals surface area (Å²) in [6.45, 7) is 4.99. The van der Waals surface area contributed by atoms with Crippen molar-refractivity contribution < 1.29 is 24.5 Å². The lowest BCUT2D eigenvalue weighted by molar-refractivity contribution is -0.143. The van der Waals surface area contributed by atoms with E-state index in [1.165, 1.54) is 327 Å². The molecule has 0 bridgehead atoms. The number of hydrogen-bond acceptors (Lipinski definition) is 5. The second-order valence-electron chi connectivity index (χ2n) is 23.9. The van der Waals surface area contributed by atoms with Crippen molar-refractivity contribution in [3.8, 4) is 0 Å². The Morgan fingerprint density at radius 2 is 0.554 bits per heavy atom. The molecule has 0 saturated heterocycles. The second-order valence-corrected chi connectivity index (χ2v) is 23.9. The number of carbonyl (C=O) groups is 2. The van der Waals surface area contributed by atoms with Gasteiger partial charge in [0.1, 0.15) is 0 Å². The third-order valence-electron chi connectivity index (χ3n) is 16.4. The van der Waals surface area contributed by atoms with Crippen LogP contribution in [-0.4, -0.2) is 47.4 Å². The molecule has 0 radical (unpaired) electrons. The van der Waals surface area contributed by atoms with E-state index in [0.717, 1.165) is 38.5 Å². The molecule has 0 heterocycles. The van der Waals surface area contributed by atoms with Crippen LogP contribution in [0.5, 0.6) is 0 Å². The van der Waals surface area contributed by atoms with E-state index in [-0.39, 0.29) is 18.5 Å². The molecule has 0 aliphatic carbocycles. The maximum Gasteiger partial charge on any atom is 0.305 e. The van der Waals surface area contributed by atoms with Crippen LogP contribution in [0.3, 0.4) is 0 Å². The smallest absolute Gasteiger partial charge is 0.305 e. The van der Waals surface area contributed by atoms with Crippen LogP contribution in [0.25, 0.3) is 0 Å². The van der Waals surface area contributed by atoms with Crippen LogP contribution in [0.4, 0.5) is 0 Å². The molecule has 1 amide bonds. The lowest BCUT2D eigenvalue weighted by Gasteiger charge is -2.22. The van der Waals surface area contributed by atoms with Crippen molar-refractivity contribution in [2.24, 2.45) is 0 Å². The number of esters is 1. The summed E-state index contributed by atoms with van der Waals surface area (Å²) in [6, 6.07) is -0.536. The summed E-state index contributed by atoms with van der Waals surface area (Å²) in [5, 5.41) is 23.3. The largest absolute Gasteiger partial charge is 0.466 e. The molecule has 0 rings (SSSR count). The van der Waals surface area contributed by atoms with Gasteiger partial charge in [-0.1, -0.05) is 361 Å². The van der Waals surface area contributed by atoms with Crippen LogP contribution >= 0.6 is 0 Å². The molecule has 0 fully saturated rings. The molecule has 2 unspecified atom stereocenters. The lowest BCUT2D eigenvalue weighted by Crippen LogP contribution is -2.45. The zero-order chi connectivity index (χ0) is 53.6.